The maximum atomic E-state index is 13.6. The number of benzene rings is 1. The van der Waals surface area contributed by atoms with E-state index < -0.39 is 0 Å². The third kappa shape index (κ3) is 5.67. The van der Waals surface area contributed by atoms with E-state index in [0.717, 1.165) is 69.6 Å². The van der Waals surface area contributed by atoms with E-state index in [0.29, 0.717) is 24.5 Å². The molecule has 2 aromatic rings. The number of ether oxygens (including phenoxy) is 2. The number of anilines is 1. The fourth-order valence-corrected chi connectivity index (χ4v) is 4.70. The molecule has 0 radical (unpaired) electrons. The van der Waals surface area contributed by atoms with Crippen molar-refractivity contribution in [1.29, 1.82) is 0 Å². The summed E-state index contributed by atoms with van der Waals surface area (Å²) >= 11 is 0. The summed E-state index contributed by atoms with van der Waals surface area (Å²) in [5.41, 5.74) is 1.27. The van der Waals surface area contributed by atoms with Crippen molar-refractivity contribution in [2.75, 3.05) is 71.5 Å². The Hall–Kier alpha value is -2.71. The fraction of sp³-hybridized carbons (Fsp3) is 0.577. The summed E-state index contributed by atoms with van der Waals surface area (Å²) in [5, 5.41) is 0. The van der Waals surface area contributed by atoms with Crippen LogP contribution in [0.1, 0.15) is 41.6 Å². The molecule has 3 heterocycles. The fourth-order valence-electron chi connectivity index (χ4n) is 4.70. The highest BCUT2D eigenvalue weighted by molar-refractivity contribution is 5.97. The van der Waals surface area contributed by atoms with Crippen molar-refractivity contribution in [1.82, 2.24) is 19.8 Å². The Labute approximate surface area is 202 Å². The molecule has 1 aromatic carbocycles. The number of nitrogens with zero attached hydrogens (tertiary/aromatic N) is 5. The molecule has 1 aromatic heterocycles. The summed E-state index contributed by atoms with van der Waals surface area (Å²) in [6, 6.07) is 9.57. The molecule has 8 nitrogen and oxygen atoms in total. The van der Waals surface area contributed by atoms with E-state index in [1.807, 2.05) is 61.2 Å². The van der Waals surface area contributed by atoms with Crippen LogP contribution in [0, 0.1) is 6.92 Å². The van der Waals surface area contributed by atoms with Crippen molar-refractivity contribution in [3.63, 3.8) is 0 Å². The molecule has 2 aliphatic heterocycles. The van der Waals surface area contributed by atoms with Crippen LogP contribution >= 0.6 is 0 Å². The van der Waals surface area contributed by atoms with E-state index in [2.05, 4.69) is 11.8 Å². The van der Waals surface area contributed by atoms with Crippen molar-refractivity contribution < 1.29 is 14.3 Å². The predicted molar refractivity (Wildman–Crippen MR) is 133 cm³/mol. The molecule has 8 heteroatoms. The van der Waals surface area contributed by atoms with Crippen molar-refractivity contribution in [3.8, 4) is 5.75 Å². The molecule has 1 amide bonds. The SMILES string of the molecule is Cc1cc(N(C)C)nc([C@]2(C)CCCN(C(=O)c3ccccc3OCCN3CCOCC3)C2)n1. The first kappa shape index (κ1) is 24.4. The highest BCUT2D eigenvalue weighted by atomic mass is 16.5. The van der Waals surface area contributed by atoms with Crippen LogP contribution in [-0.2, 0) is 10.2 Å². The molecule has 0 bridgehead atoms. The monoisotopic (exact) mass is 467 g/mol. The molecular weight excluding hydrogens is 430 g/mol. The second-order valence-corrected chi connectivity index (χ2v) is 9.78. The zero-order valence-corrected chi connectivity index (χ0v) is 20.9. The lowest BCUT2D eigenvalue weighted by Gasteiger charge is -2.40. The molecule has 2 aliphatic rings. The van der Waals surface area contributed by atoms with Crippen LogP contribution in [0.15, 0.2) is 30.3 Å². The largest absolute Gasteiger partial charge is 0.491 e. The quantitative estimate of drug-likeness (QED) is 0.620. The number of amides is 1. The van der Waals surface area contributed by atoms with Gasteiger partial charge in [0, 0.05) is 64.0 Å². The van der Waals surface area contributed by atoms with Crippen molar-refractivity contribution in [3.05, 3.63) is 47.4 Å². The summed E-state index contributed by atoms with van der Waals surface area (Å²) in [6.07, 6.45) is 1.86. The van der Waals surface area contributed by atoms with Gasteiger partial charge in [-0.3, -0.25) is 9.69 Å². The summed E-state index contributed by atoms with van der Waals surface area (Å²) in [6.45, 7) is 10.2. The van der Waals surface area contributed by atoms with E-state index in [4.69, 9.17) is 19.4 Å². The zero-order valence-electron chi connectivity index (χ0n) is 20.9. The Morgan fingerprint density at radius 2 is 1.94 bits per heavy atom. The maximum Gasteiger partial charge on any atom is 0.257 e. The van der Waals surface area contributed by atoms with Crippen molar-refractivity contribution in [2.24, 2.45) is 0 Å². The van der Waals surface area contributed by atoms with Crippen LogP contribution in [0.5, 0.6) is 5.75 Å². The van der Waals surface area contributed by atoms with Gasteiger partial charge in [0.25, 0.3) is 5.91 Å². The highest BCUT2D eigenvalue weighted by Crippen LogP contribution is 2.34. The minimum atomic E-state index is -0.295. The first-order valence-electron chi connectivity index (χ1n) is 12.2. The third-order valence-corrected chi connectivity index (χ3v) is 6.71. The molecule has 0 N–H and O–H groups in total. The third-order valence-electron chi connectivity index (χ3n) is 6.71. The van der Waals surface area contributed by atoms with Gasteiger partial charge in [-0.2, -0.15) is 0 Å². The molecule has 184 valence electrons. The molecule has 1 atom stereocenters. The van der Waals surface area contributed by atoms with Crippen LogP contribution in [0.2, 0.25) is 0 Å². The van der Waals surface area contributed by atoms with Crippen LogP contribution in [0.25, 0.3) is 0 Å². The Morgan fingerprint density at radius 1 is 1.18 bits per heavy atom. The van der Waals surface area contributed by atoms with E-state index in [-0.39, 0.29) is 11.3 Å². The number of hydrogen-bond acceptors (Lipinski definition) is 7. The van der Waals surface area contributed by atoms with Gasteiger partial charge < -0.3 is 19.3 Å². The smallest absolute Gasteiger partial charge is 0.257 e. The minimum Gasteiger partial charge on any atom is -0.491 e. The topological polar surface area (TPSA) is 71.0 Å². The van der Waals surface area contributed by atoms with Crippen LogP contribution < -0.4 is 9.64 Å². The predicted octanol–water partition coefficient (Wildman–Crippen LogP) is 2.76. The van der Waals surface area contributed by atoms with Gasteiger partial charge in [0.05, 0.1) is 18.8 Å². The van der Waals surface area contributed by atoms with Crippen LogP contribution in [-0.4, -0.2) is 92.3 Å². The van der Waals surface area contributed by atoms with E-state index in [9.17, 15) is 4.79 Å². The van der Waals surface area contributed by atoms with E-state index in [1.165, 1.54) is 0 Å². The average Bonchev–Trinajstić information content (AvgIpc) is 2.84. The Bertz CT molecular complexity index is 992. The summed E-state index contributed by atoms with van der Waals surface area (Å²) < 4.78 is 11.5. The Morgan fingerprint density at radius 3 is 2.71 bits per heavy atom. The number of likely N-dealkylation sites (tertiary alicyclic amines) is 1. The summed E-state index contributed by atoms with van der Waals surface area (Å²) in [7, 11) is 3.97. The number of piperidine rings is 1. The minimum absolute atomic E-state index is 0.00776. The lowest BCUT2D eigenvalue weighted by molar-refractivity contribution is 0.0321. The Balaban J connectivity index is 1.47. The van der Waals surface area contributed by atoms with Gasteiger partial charge in [0.1, 0.15) is 24.0 Å². The lowest BCUT2D eigenvalue weighted by atomic mass is 9.80. The Kier molecular flexibility index (Phi) is 7.68. The molecule has 0 saturated carbocycles. The second-order valence-electron chi connectivity index (χ2n) is 9.78. The number of morpholine rings is 1. The standard InChI is InChI=1S/C26H37N5O3/c1-20-18-23(29(3)4)28-25(27-20)26(2)10-7-11-31(19-26)24(32)21-8-5-6-9-22(21)34-17-14-30-12-15-33-16-13-30/h5-6,8-9,18H,7,10-17,19H2,1-4H3/t26-/m1/s1. The zero-order chi connectivity index (χ0) is 24.1. The number of rotatable bonds is 7. The van der Waals surface area contributed by atoms with Gasteiger partial charge in [-0.15, -0.1) is 0 Å². The van der Waals surface area contributed by atoms with Gasteiger partial charge in [-0.25, -0.2) is 9.97 Å². The first-order valence-corrected chi connectivity index (χ1v) is 12.2. The molecule has 0 aliphatic carbocycles. The average molecular weight is 468 g/mol. The maximum absolute atomic E-state index is 13.6. The number of hydrogen-bond donors (Lipinski definition) is 0. The molecule has 0 unspecified atom stereocenters. The number of carbonyl (C=O) groups is 1. The highest BCUT2D eigenvalue weighted by Gasteiger charge is 2.38. The van der Waals surface area contributed by atoms with Gasteiger partial charge in [-0.1, -0.05) is 19.1 Å². The molecular formula is C26H37N5O3. The van der Waals surface area contributed by atoms with E-state index >= 15 is 0 Å². The molecule has 2 saturated heterocycles. The number of para-hydroxylation sites is 1. The number of aromatic nitrogens is 2. The molecule has 2 fully saturated rings. The van der Waals surface area contributed by atoms with E-state index in [1.54, 1.807) is 0 Å². The summed E-state index contributed by atoms with van der Waals surface area (Å²) in [5.74, 6) is 2.36. The van der Waals surface area contributed by atoms with Crippen molar-refractivity contribution >= 4 is 11.7 Å². The second kappa shape index (κ2) is 10.7. The molecule has 34 heavy (non-hydrogen) atoms. The number of carbonyl (C=O) groups excluding carboxylic acids is 1. The van der Waals surface area contributed by atoms with Crippen molar-refractivity contribution in [2.45, 2.75) is 32.1 Å². The lowest BCUT2D eigenvalue weighted by Crippen LogP contribution is -2.48. The summed E-state index contributed by atoms with van der Waals surface area (Å²) in [4.78, 5) is 29.5. The normalized spacial score (nSPS) is 21.4. The van der Waals surface area contributed by atoms with Crippen LogP contribution in [0.3, 0.4) is 0 Å². The number of aryl methyl sites for hydroxylation is 1. The van der Waals surface area contributed by atoms with Gasteiger partial charge in [-0.05, 0) is 31.9 Å². The van der Waals surface area contributed by atoms with Gasteiger partial charge >= 0.3 is 0 Å². The first-order chi connectivity index (χ1) is 16.4. The molecule has 4 rings (SSSR count). The van der Waals surface area contributed by atoms with Gasteiger partial charge in [0.2, 0.25) is 0 Å². The molecule has 0 spiro atoms. The van der Waals surface area contributed by atoms with Gasteiger partial charge in [0.15, 0.2) is 0 Å². The van der Waals surface area contributed by atoms with Crippen LogP contribution in [0.4, 0.5) is 5.82 Å².